The first-order valence-electron chi connectivity index (χ1n) is 7.44. The van der Waals surface area contributed by atoms with Crippen LogP contribution in [0, 0.1) is 0 Å². The lowest BCUT2D eigenvalue weighted by atomic mass is 10.3. The van der Waals surface area contributed by atoms with Gasteiger partial charge in [-0.05, 0) is 24.3 Å². The topological polar surface area (TPSA) is 74.3 Å². The average molecular weight is 313 g/mol. The molecule has 0 unspecified atom stereocenters. The number of pyridine rings is 1. The van der Waals surface area contributed by atoms with Crippen LogP contribution >= 0.6 is 0 Å². The molecule has 0 atom stereocenters. The van der Waals surface area contributed by atoms with E-state index in [0.717, 1.165) is 16.9 Å². The minimum atomic E-state index is 0.698. The van der Waals surface area contributed by atoms with Crippen LogP contribution in [0.15, 0.2) is 67.6 Å². The highest BCUT2D eigenvalue weighted by Crippen LogP contribution is 2.22. The van der Waals surface area contributed by atoms with E-state index in [0.29, 0.717) is 17.0 Å². The summed E-state index contributed by atoms with van der Waals surface area (Å²) in [7, 11) is 0. The third kappa shape index (κ3) is 1.81. The summed E-state index contributed by atoms with van der Waals surface area (Å²) in [5.41, 5.74) is 3.29. The predicted molar refractivity (Wildman–Crippen MR) is 89.1 cm³/mol. The molecule has 0 aliphatic carbocycles. The zero-order valence-corrected chi connectivity index (χ0v) is 12.5. The van der Waals surface area contributed by atoms with Crippen LogP contribution in [0.1, 0.15) is 0 Å². The van der Waals surface area contributed by atoms with Gasteiger partial charge in [-0.15, -0.1) is 0 Å². The standard InChI is InChI=1S/C17H11N7/c1-2-6-13-12(5-1)21-10-23(13)16-15-17(20-9-19-16)24(11-22-15)14-7-3-4-8-18-14/h1-11H. The minimum Gasteiger partial charge on any atom is -0.281 e. The Morgan fingerprint density at radius 1 is 0.708 bits per heavy atom. The van der Waals surface area contributed by atoms with Crippen LogP contribution < -0.4 is 0 Å². The van der Waals surface area contributed by atoms with Gasteiger partial charge in [0.05, 0.1) is 11.0 Å². The molecule has 114 valence electrons. The van der Waals surface area contributed by atoms with E-state index >= 15 is 0 Å². The quantitative estimate of drug-likeness (QED) is 0.501. The van der Waals surface area contributed by atoms with E-state index in [1.54, 1.807) is 18.9 Å². The predicted octanol–water partition coefficient (Wildman–Crippen LogP) is 2.55. The first kappa shape index (κ1) is 12.9. The molecular formula is C17H11N7. The monoisotopic (exact) mass is 313 g/mol. The Hall–Kier alpha value is -3.61. The normalized spacial score (nSPS) is 11.3. The Morgan fingerprint density at radius 3 is 2.50 bits per heavy atom. The van der Waals surface area contributed by atoms with Crippen LogP contribution in [-0.4, -0.2) is 34.1 Å². The van der Waals surface area contributed by atoms with E-state index in [2.05, 4.69) is 24.9 Å². The van der Waals surface area contributed by atoms with Gasteiger partial charge in [-0.25, -0.2) is 24.9 Å². The van der Waals surface area contributed by atoms with Gasteiger partial charge in [0.2, 0.25) is 0 Å². The van der Waals surface area contributed by atoms with Gasteiger partial charge in [-0.1, -0.05) is 18.2 Å². The van der Waals surface area contributed by atoms with Gasteiger partial charge in [0.15, 0.2) is 17.0 Å². The number of hydrogen-bond acceptors (Lipinski definition) is 5. The number of rotatable bonds is 2. The lowest BCUT2D eigenvalue weighted by Gasteiger charge is -2.05. The lowest BCUT2D eigenvalue weighted by molar-refractivity contribution is 0.988. The molecule has 24 heavy (non-hydrogen) atoms. The van der Waals surface area contributed by atoms with Crippen LogP contribution in [0.25, 0.3) is 33.8 Å². The molecule has 4 aromatic heterocycles. The third-order valence-electron chi connectivity index (χ3n) is 3.89. The lowest BCUT2D eigenvalue weighted by Crippen LogP contribution is -2.00. The fourth-order valence-electron chi connectivity index (χ4n) is 2.79. The van der Waals surface area contributed by atoms with E-state index in [1.165, 1.54) is 6.33 Å². The van der Waals surface area contributed by atoms with Crippen molar-refractivity contribution in [3.8, 4) is 11.6 Å². The van der Waals surface area contributed by atoms with Gasteiger partial charge in [0, 0.05) is 6.20 Å². The highest BCUT2D eigenvalue weighted by Gasteiger charge is 2.14. The Bertz CT molecular complexity index is 1160. The molecule has 0 saturated carbocycles. The van der Waals surface area contributed by atoms with Crippen LogP contribution in [0.4, 0.5) is 0 Å². The highest BCUT2D eigenvalue weighted by atomic mass is 15.2. The molecular weight excluding hydrogens is 302 g/mol. The Morgan fingerprint density at radius 2 is 1.58 bits per heavy atom. The molecule has 0 radical (unpaired) electrons. The second-order valence-corrected chi connectivity index (χ2v) is 5.28. The first-order chi connectivity index (χ1) is 11.9. The fraction of sp³-hybridized carbons (Fsp3) is 0. The van der Waals surface area contributed by atoms with Crippen LogP contribution in [-0.2, 0) is 0 Å². The van der Waals surface area contributed by atoms with Crippen molar-refractivity contribution in [2.24, 2.45) is 0 Å². The van der Waals surface area contributed by atoms with Crippen molar-refractivity contribution in [1.82, 2.24) is 34.1 Å². The zero-order valence-electron chi connectivity index (χ0n) is 12.5. The van der Waals surface area contributed by atoms with Crippen molar-refractivity contribution in [3.05, 3.63) is 67.6 Å². The molecule has 0 amide bonds. The summed E-state index contributed by atoms with van der Waals surface area (Å²) in [6.45, 7) is 0. The smallest absolute Gasteiger partial charge is 0.171 e. The van der Waals surface area contributed by atoms with E-state index < -0.39 is 0 Å². The first-order valence-corrected chi connectivity index (χ1v) is 7.44. The largest absolute Gasteiger partial charge is 0.281 e. The number of hydrogen-bond donors (Lipinski definition) is 0. The molecule has 5 rings (SSSR count). The number of imidazole rings is 2. The van der Waals surface area contributed by atoms with Gasteiger partial charge in [-0.2, -0.15) is 0 Å². The van der Waals surface area contributed by atoms with Crippen molar-refractivity contribution < 1.29 is 0 Å². The summed E-state index contributed by atoms with van der Waals surface area (Å²) in [4.78, 5) is 22.1. The molecule has 5 aromatic rings. The number of nitrogens with zero attached hydrogens (tertiary/aromatic N) is 7. The molecule has 0 spiro atoms. The molecule has 0 saturated heterocycles. The van der Waals surface area contributed by atoms with E-state index in [1.807, 2.05) is 51.6 Å². The average Bonchev–Trinajstić information content (AvgIpc) is 3.26. The summed E-state index contributed by atoms with van der Waals surface area (Å²) in [5, 5.41) is 0. The van der Waals surface area contributed by atoms with E-state index in [4.69, 9.17) is 0 Å². The molecule has 0 N–H and O–H groups in total. The van der Waals surface area contributed by atoms with Crippen molar-refractivity contribution in [3.63, 3.8) is 0 Å². The Labute approximate surface area is 136 Å². The maximum absolute atomic E-state index is 4.51. The molecule has 0 aliphatic rings. The number of para-hydroxylation sites is 2. The molecule has 0 aliphatic heterocycles. The van der Waals surface area contributed by atoms with Gasteiger partial charge >= 0.3 is 0 Å². The third-order valence-corrected chi connectivity index (χ3v) is 3.89. The van der Waals surface area contributed by atoms with Crippen LogP contribution in [0.5, 0.6) is 0 Å². The van der Waals surface area contributed by atoms with Gasteiger partial charge in [-0.3, -0.25) is 9.13 Å². The second kappa shape index (κ2) is 4.95. The molecule has 7 nitrogen and oxygen atoms in total. The molecule has 7 heteroatoms. The molecule has 0 fully saturated rings. The number of benzene rings is 1. The number of fused-ring (bicyclic) bond motifs is 2. The van der Waals surface area contributed by atoms with Crippen molar-refractivity contribution in [2.45, 2.75) is 0 Å². The van der Waals surface area contributed by atoms with Gasteiger partial charge < -0.3 is 0 Å². The van der Waals surface area contributed by atoms with Crippen molar-refractivity contribution >= 4 is 22.2 Å². The van der Waals surface area contributed by atoms with Crippen molar-refractivity contribution in [2.75, 3.05) is 0 Å². The van der Waals surface area contributed by atoms with Crippen LogP contribution in [0.2, 0.25) is 0 Å². The summed E-state index contributed by atoms with van der Waals surface area (Å²) in [5.74, 6) is 1.46. The Kier molecular flexibility index (Phi) is 2.66. The van der Waals surface area contributed by atoms with Gasteiger partial charge in [0.25, 0.3) is 0 Å². The maximum Gasteiger partial charge on any atom is 0.171 e. The second-order valence-electron chi connectivity index (χ2n) is 5.28. The molecule has 1 aromatic carbocycles. The zero-order chi connectivity index (χ0) is 15.9. The fourth-order valence-corrected chi connectivity index (χ4v) is 2.79. The SMILES string of the molecule is c1ccc(-n2cnc3c(-n4cnc5ccccc54)ncnc32)nc1. The highest BCUT2D eigenvalue weighted by molar-refractivity contribution is 5.84. The minimum absolute atomic E-state index is 0.698. The summed E-state index contributed by atoms with van der Waals surface area (Å²) in [6.07, 6.45) is 6.75. The summed E-state index contributed by atoms with van der Waals surface area (Å²) >= 11 is 0. The van der Waals surface area contributed by atoms with Crippen LogP contribution in [0.3, 0.4) is 0 Å². The summed E-state index contributed by atoms with van der Waals surface area (Å²) < 4.78 is 3.77. The molecule has 4 heterocycles. The van der Waals surface area contributed by atoms with Crippen molar-refractivity contribution in [1.29, 1.82) is 0 Å². The van der Waals surface area contributed by atoms with Gasteiger partial charge in [0.1, 0.15) is 24.8 Å². The van der Waals surface area contributed by atoms with E-state index in [9.17, 15) is 0 Å². The number of aromatic nitrogens is 7. The molecule has 0 bridgehead atoms. The maximum atomic E-state index is 4.51. The van der Waals surface area contributed by atoms with E-state index in [-0.39, 0.29) is 0 Å². The Balaban J connectivity index is 1.78. The summed E-state index contributed by atoms with van der Waals surface area (Å²) in [6, 6.07) is 13.6.